The molecule has 0 spiro atoms. The van der Waals surface area contributed by atoms with Gasteiger partial charge in [0.15, 0.2) is 5.69 Å². The molecule has 20 heavy (non-hydrogen) atoms. The number of nitrogens with one attached hydrogen (secondary N) is 1. The molecule has 2 heterocycles. The van der Waals surface area contributed by atoms with Gasteiger partial charge in [0.1, 0.15) is 6.07 Å². The highest BCUT2D eigenvalue weighted by atomic mass is 32.1. The standard InChI is InChI=1S/C15H12N4S/c1-10-6-7-20-14(10)9-17-15-11-4-2-3-5-12(11)18-19-13(15)8-16/h2-7H,9H2,1H3,(H,17,18). The molecule has 0 saturated heterocycles. The van der Waals surface area contributed by atoms with Crippen molar-refractivity contribution in [3.05, 3.63) is 51.8 Å². The maximum absolute atomic E-state index is 9.20. The van der Waals surface area contributed by atoms with E-state index in [2.05, 4.69) is 40.0 Å². The van der Waals surface area contributed by atoms with Crippen molar-refractivity contribution in [1.29, 1.82) is 5.26 Å². The monoisotopic (exact) mass is 280 g/mol. The number of aromatic nitrogens is 2. The van der Waals surface area contributed by atoms with E-state index in [1.165, 1.54) is 10.4 Å². The third-order valence-electron chi connectivity index (χ3n) is 3.17. The maximum Gasteiger partial charge on any atom is 0.186 e. The number of rotatable bonds is 3. The maximum atomic E-state index is 9.20. The fraction of sp³-hybridized carbons (Fsp3) is 0.133. The van der Waals surface area contributed by atoms with E-state index >= 15 is 0 Å². The first-order valence-electron chi connectivity index (χ1n) is 6.22. The van der Waals surface area contributed by atoms with Crippen LogP contribution in [-0.2, 0) is 6.54 Å². The van der Waals surface area contributed by atoms with Crippen LogP contribution >= 0.6 is 11.3 Å². The van der Waals surface area contributed by atoms with Crippen molar-refractivity contribution >= 4 is 27.9 Å². The largest absolute Gasteiger partial charge is 0.377 e. The molecule has 0 bridgehead atoms. The zero-order chi connectivity index (χ0) is 13.9. The minimum atomic E-state index is 0.331. The van der Waals surface area contributed by atoms with Gasteiger partial charge in [0.25, 0.3) is 0 Å². The van der Waals surface area contributed by atoms with Gasteiger partial charge in [0.05, 0.1) is 11.2 Å². The summed E-state index contributed by atoms with van der Waals surface area (Å²) in [6.45, 7) is 2.77. The number of nitriles is 1. The van der Waals surface area contributed by atoms with E-state index < -0.39 is 0 Å². The molecule has 0 fully saturated rings. The van der Waals surface area contributed by atoms with Crippen LogP contribution in [-0.4, -0.2) is 10.2 Å². The summed E-state index contributed by atoms with van der Waals surface area (Å²) < 4.78 is 0. The Balaban J connectivity index is 2.01. The topological polar surface area (TPSA) is 61.6 Å². The predicted octanol–water partition coefficient (Wildman–Crippen LogP) is 3.48. The van der Waals surface area contributed by atoms with Crippen LogP contribution in [0.25, 0.3) is 10.9 Å². The molecule has 0 radical (unpaired) electrons. The van der Waals surface area contributed by atoms with E-state index in [1.54, 1.807) is 11.3 Å². The van der Waals surface area contributed by atoms with Gasteiger partial charge in [-0.15, -0.1) is 21.5 Å². The van der Waals surface area contributed by atoms with Crippen molar-refractivity contribution in [3.8, 4) is 6.07 Å². The Morgan fingerprint density at radius 3 is 2.85 bits per heavy atom. The molecule has 4 nitrogen and oxygen atoms in total. The molecular weight excluding hydrogens is 268 g/mol. The highest BCUT2D eigenvalue weighted by Crippen LogP contribution is 2.25. The van der Waals surface area contributed by atoms with Crippen LogP contribution in [0.1, 0.15) is 16.1 Å². The van der Waals surface area contributed by atoms with Gasteiger partial charge < -0.3 is 5.32 Å². The number of anilines is 1. The van der Waals surface area contributed by atoms with Gasteiger partial charge in [0, 0.05) is 16.8 Å². The molecule has 0 amide bonds. The number of thiophene rings is 1. The first kappa shape index (κ1) is 12.6. The molecule has 5 heteroatoms. The normalized spacial score (nSPS) is 10.4. The lowest BCUT2D eigenvalue weighted by atomic mass is 10.1. The lowest BCUT2D eigenvalue weighted by Gasteiger charge is -2.09. The number of hydrogen-bond donors (Lipinski definition) is 1. The Bertz CT molecular complexity index is 801. The molecule has 1 aromatic carbocycles. The quantitative estimate of drug-likeness (QED) is 0.797. The van der Waals surface area contributed by atoms with Gasteiger partial charge in [-0.3, -0.25) is 0 Å². The number of nitrogens with zero attached hydrogens (tertiary/aromatic N) is 3. The van der Waals surface area contributed by atoms with Crippen LogP contribution in [0.15, 0.2) is 35.7 Å². The van der Waals surface area contributed by atoms with Crippen molar-refractivity contribution in [2.75, 3.05) is 5.32 Å². The van der Waals surface area contributed by atoms with Crippen LogP contribution < -0.4 is 5.32 Å². The van der Waals surface area contributed by atoms with Crippen molar-refractivity contribution in [3.63, 3.8) is 0 Å². The molecule has 0 aliphatic carbocycles. The van der Waals surface area contributed by atoms with Crippen molar-refractivity contribution in [1.82, 2.24) is 10.2 Å². The Morgan fingerprint density at radius 2 is 2.10 bits per heavy atom. The van der Waals surface area contributed by atoms with Crippen LogP contribution in [0.5, 0.6) is 0 Å². The minimum Gasteiger partial charge on any atom is -0.377 e. The van der Waals surface area contributed by atoms with Gasteiger partial charge in [-0.05, 0) is 30.0 Å². The molecule has 0 saturated carbocycles. The zero-order valence-corrected chi connectivity index (χ0v) is 11.7. The summed E-state index contributed by atoms with van der Waals surface area (Å²) in [6, 6.07) is 11.9. The van der Waals surface area contributed by atoms with E-state index in [9.17, 15) is 5.26 Å². The Morgan fingerprint density at radius 1 is 1.25 bits per heavy atom. The predicted molar refractivity (Wildman–Crippen MR) is 80.6 cm³/mol. The second-order valence-corrected chi connectivity index (χ2v) is 5.43. The van der Waals surface area contributed by atoms with E-state index in [0.717, 1.165) is 16.6 Å². The lowest BCUT2D eigenvalue weighted by molar-refractivity contribution is 1.04. The first-order chi connectivity index (χ1) is 9.79. The van der Waals surface area contributed by atoms with Gasteiger partial charge in [0.2, 0.25) is 0 Å². The van der Waals surface area contributed by atoms with Crippen LogP contribution in [0.4, 0.5) is 5.69 Å². The minimum absolute atomic E-state index is 0.331. The van der Waals surface area contributed by atoms with Crippen molar-refractivity contribution in [2.45, 2.75) is 13.5 Å². The van der Waals surface area contributed by atoms with Gasteiger partial charge in [-0.1, -0.05) is 18.2 Å². The highest BCUT2D eigenvalue weighted by Gasteiger charge is 2.10. The number of fused-ring (bicyclic) bond motifs is 1. The number of benzene rings is 1. The molecule has 3 rings (SSSR count). The molecule has 0 aliphatic rings. The average Bonchev–Trinajstić information content (AvgIpc) is 2.90. The summed E-state index contributed by atoms with van der Waals surface area (Å²) in [5, 5.41) is 23.6. The fourth-order valence-electron chi connectivity index (χ4n) is 2.06. The van der Waals surface area contributed by atoms with E-state index in [-0.39, 0.29) is 0 Å². The molecule has 2 aromatic heterocycles. The summed E-state index contributed by atoms with van der Waals surface area (Å²) >= 11 is 1.71. The summed E-state index contributed by atoms with van der Waals surface area (Å²) in [4.78, 5) is 1.26. The molecule has 98 valence electrons. The Hall–Kier alpha value is -2.45. The number of hydrogen-bond acceptors (Lipinski definition) is 5. The van der Waals surface area contributed by atoms with E-state index in [1.807, 2.05) is 24.3 Å². The summed E-state index contributed by atoms with van der Waals surface area (Å²) in [7, 11) is 0. The first-order valence-corrected chi connectivity index (χ1v) is 7.10. The molecule has 0 unspecified atom stereocenters. The Labute approximate surface area is 120 Å². The number of aryl methyl sites for hydroxylation is 1. The third kappa shape index (κ3) is 2.22. The van der Waals surface area contributed by atoms with Gasteiger partial charge in [-0.2, -0.15) is 5.26 Å². The second kappa shape index (κ2) is 5.27. The fourth-order valence-corrected chi connectivity index (χ4v) is 2.91. The molecule has 0 atom stereocenters. The zero-order valence-electron chi connectivity index (χ0n) is 10.9. The van der Waals surface area contributed by atoms with Crippen molar-refractivity contribution < 1.29 is 0 Å². The summed E-state index contributed by atoms with van der Waals surface area (Å²) in [5.74, 6) is 0. The van der Waals surface area contributed by atoms with E-state index in [0.29, 0.717) is 12.2 Å². The molecule has 3 aromatic rings. The van der Waals surface area contributed by atoms with Crippen LogP contribution in [0.3, 0.4) is 0 Å². The smallest absolute Gasteiger partial charge is 0.186 e. The van der Waals surface area contributed by atoms with E-state index in [4.69, 9.17) is 0 Å². The van der Waals surface area contributed by atoms with Gasteiger partial charge >= 0.3 is 0 Å². The third-order valence-corrected chi connectivity index (χ3v) is 4.19. The Kier molecular flexibility index (Phi) is 3.32. The molecule has 1 N–H and O–H groups in total. The summed E-state index contributed by atoms with van der Waals surface area (Å²) in [6.07, 6.45) is 0. The highest BCUT2D eigenvalue weighted by molar-refractivity contribution is 7.10. The summed E-state index contributed by atoms with van der Waals surface area (Å²) in [5.41, 5.74) is 3.13. The lowest BCUT2D eigenvalue weighted by Crippen LogP contribution is -2.04. The van der Waals surface area contributed by atoms with Gasteiger partial charge in [-0.25, -0.2) is 0 Å². The van der Waals surface area contributed by atoms with Crippen LogP contribution in [0, 0.1) is 18.3 Å². The average molecular weight is 280 g/mol. The van der Waals surface area contributed by atoms with Crippen LogP contribution in [0.2, 0.25) is 0 Å². The SMILES string of the molecule is Cc1ccsc1CNc1c(C#N)nnc2ccccc12. The molecular formula is C15H12N4S. The van der Waals surface area contributed by atoms with Crippen molar-refractivity contribution in [2.24, 2.45) is 0 Å². The second-order valence-electron chi connectivity index (χ2n) is 4.43. The molecule has 0 aliphatic heterocycles.